The Bertz CT molecular complexity index is 586. The molecule has 0 saturated heterocycles. The van der Waals surface area contributed by atoms with Crippen LogP contribution in [0.1, 0.15) is 49.7 Å². The van der Waals surface area contributed by atoms with Crippen molar-refractivity contribution in [2.45, 2.75) is 49.4 Å². The van der Waals surface area contributed by atoms with Crippen molar-refractivity contribution in [3.63, 3.8) is 0 Å². The van der Waals surface area contributed by atoms with Gasteiger partial charge in [-0.2, -0.15) is 0 Å². The van der Waals surface area contributed by atoms with Gasteiger partial charge >= 0.3 is 0 Å². The highest BCUT2D eigenvalue weighted by Gasteiger charge is 2.49. The van der Waals surface area contributed by atoms with Crippen LogP contribution in [0.5, 0.6) is 0 Å². The van der Waals surface area contributed by atoms with Gasteiger partial charge in [0.15, 0.2) is 0 Å². The minimum Gasteiger partial charge on any atom is -0.0889 e. The summed E-state index contributed by atoms with van der Waals surface area (Å²) in [5, 5.41) is 0. The fourth-order valence-corrected chi connectivity index (χ4v) is 5.03. The molecule has 0 nitrogen and oxygen atoms in total. The van der Waals surface area contributed by atoms with E-state index in [0.29, 0.717) is 10.8 Å². The monoisotopic (exact) mass is 352 g/mol. The molecule has 22 heavy (non-hydrogen) atoms. The van der Waals surface area contributed by atoms with Gasteiger partial charge in [0.1, 0.15) is 7.85 Å². The molecule has 0 radical (unpaired) electrons. The van der Waals surface area contributed by atoms with Crippen LogP contribution in [-0.4, -0.2) is 7.85 Å². The smallest absolute Gasteiger partial charge is 0.0889 e. The minimum absolute atomic E-state index is 0.452. The average molecular weight is 353 g/mol. The summed E-state index contributed by atoms with van der Waals surface area (Å²) in [5.74, 6) is 0. The second-order valence-electron chi connectivity index (χ2n) is 7.43. The highest BCUT2D eigenvalue weighted by atomic mass is 79.9. The van der Waals surface area contributed by atoms with Crippen LogP contribution in [-0.2, 0) is 10.8 Å². The Kier molecular flexibility index (Phi) is 3.49. The van der Waals surface area contributed by atoms with Crippen LogP contribution in [0.25, 0.3) is 0 Å². The molecule has 112 valence electrons. The zero-order valence-corrected chi connectivity index (χ0v) is 14.8. The van der Waals surface area contributed by atoms with Crippen LogP contribution in [0.15, 0.2) is 53.0 Å². The summed E-state index contributed by atoms with van der Waals surface area (Å²) in [5.41, 5.74) is 5.43. The molecule has 0 aromatic heterocycles. The Balaban J connectivity index is 1.61. The largest absolute Gasteiger partial charge is 0.139 e. The number of rotatable bonds is 2. The maximum atomic E-state index is 3.56. The Labute approximate surface area is 142 Å². The van der Waals surface area contributed by atoms with Gasteiger partial charge in [-0.1, -0.05) is 57.8 Å². The molecule has 2 heteroatoms. The lowest BCUT2D eigenvalue weighted by molar-refractivity contribution is 0.102. The molecule has 2 aromatic rings. The van der Waals surface area contributed by atoms with E-state index in [9.17, 15) is 0 Å². The molecule has 0 heterocycles. The Morgan fingerprint density at radius 3 is 1.41 bits per heavy atom. The number of hydrogen-bond acceptors (Lipinski definition) is 0. The van der Waals surface area contributed by atoms with Crippen molar-refractivity contribution >= 4 is 29.2 Å². The van der Waals surface area contributed by atoms with E-state index in [1.807, 2.05) is 0 Å². The molecule has 0 atom stereocenters. The lowest BCUT2D eigenvalue weighted by Gasteiger charge is -2.54. The predicted molar refractivity (Wildman–Crippen MR) is 99.8 cm³/mol. The predicted octanol–water partition coefficient (Wildman–Crippen LogP) is 4.25. The van der Waals surface area contributed by atoms with Crippen molar-refractivity contribution in [1.29, 1.82) is 0 Å². The molecular formula is C20H22BBr. The van der Waals surface area contributed by atoms with Gasteiger partial charge in [0, 0.05) is 4.47 Å². The molecule has 3 aliphatic carbocycles. The van der Waals surface area contributed by atoms with Gasteiger partial charge in [0.2, 0.25) is 0 Å². The van der Waals surface area contributed by atoms with E-state index in [-0.39, 0.29) is 0 Å². The fraction of sp³-hybridized carbons (Fsp3) is 0.400. The third-order valence-corrected chi connectivity index (χ3v) is 6.90. The normalized spacial score (nSPS) is 30.4. The molecule has 2 bridgehead atoms. The van der Waals surface area contributed by atoms with Crippen LogP contribution in [0.4, 0.5) is 0 Å². The van der Waals surface area contributed by atoms with E-state index in [1.54, 1.807) is 11.1 Å². The maximum absolute atomic E-state index is 3.56. The van der Waals surface area contributed by atoms with Crippen LogP contribution < -0.4 is 5.46 Å². The van der Waals surface area contributed by atoms with Gasteiger partial charge in [0.25, 0.3) is 0 Å². The molecule has 3 fully saturated rings. The molecule has 0 aliphatic heterocycles. The first-order valence-electron chi connectivity index (χ1n) is 8.45. The first kappa shape index (κ1) is 14.6. The van der Waals surface area contributed by atoms with Crippen molar-refractivity contribution in [3.05, 3.63) is 64.1 Å². The Morgan fingerprint density at radius 1 is 0.636 bits per heavy atom. The van der Waals surface area contributed by atoms with Gasteiger partial charge in [-0.05, 0) is 72.6 Å². The molecule has 2 aromatic carbocycles. The van der Waals surface area contributed by atoms with Crippen LogP contribution in [0, 0.1) is 0 Å². The standard InChI is InChI=1S/C20H22BBr/c21-17-5-1-15(2-6-17)19-9-12-20(13-10-19,14-11-19)16-3-7-18(22)8-4-16/h1-8H,9-14,21H2. The van der Waals surface area contributed by atoms with Crippen molar-refractivity contribution in [1.82, 2.24) is 0 Å². The van der Waals surface area contributed by atoms with Gasteiger partial charge in [-0.15, -0.1) is 0 Å². The fourth-order valence-electron chi connectivity index (χ4n) is 4.76. The highest BCUT2D eigenvalue weighted by Crippen LogP contribution is 2.58. The minimum atomic E-state index is 0.452. The molecule has 3 aliphatic rings. The zero-order chi connectivity index (χ0) is 15.2. The molecule has 0 unspecified atom stereocenters. The summed E-state index contributed by atoms with van der Waals surface area (Å²) in [4.78, 5) is 0. The lowest BCUT2D eigenvalue weighted by atomic mass is 9.50. The summed E-state index contributed by atoms with van der Waals surface area (Å²) in [7, 11) is 2.18. The summed E-state index contributed by atoms with van der Waals surface area (Å²) in [6.07, 6.45) is 8.11. The number of benzene rings is 2. The second-order valence-corrected chi connectivity index (χ2v) is 8.35. The van der Waals surface area contributed by atoms with Gasteiger partial charge in [-0.25, -0.2) is 0 Å². The number of fused-ring (bicyclic) bond motifs is 3. The zero-order valence-electron chi connectivity index (χ0n) is 13.2. The van der Waals surface area contributed by atoms with Crippen LogP contribution in [0.2, 0.25) is 0 Å². The summed E-state index contributed by atoms with van der Waals surface area (Å²) in [6, 6.07) is 18.4. The van der Waals surface area contributed by atoms with Crippen LogP contribution in [0.3, 0.4) is 0 Å². The third kappa shape index (κ3) is 2.27. The SMILES string of the molecule is Bc1ccc(C23CCC(c4ccc(Br)cc4)(CC2)CC3)cc1. The van der Waals surface area contributed by atoms with E-state index < -0.39 is 0 Å². The highest BCUT2D eigenvalue weighted by molar-refractivity contribution is 9.10. The maximum Gasteiger partial charge on any atom is 0.139 e. The Hall–Kier alpha value is -1.02. The van der Waals surface area contributed by atoms with Crippen LogP contribution >= 0.6 is 15.9 Å². The van der Waals surface area contributed by atoms with Crippen molar-refractivity contribution < 1.29 is 0 Å². The number of hydrogen-bond donors (Lipinski definition) is 0. The van der Waals surface area contributed by atoms with E-state index in [4.69, 9.17) is 0 Å². The third-order valence-electron chi connectivity index (χ3n) is 6.37. The molecule has 0 N–H and O–H groups in total. The van der Waals surface area contributed by atoms with Crippen molar-refractivity contribution in [3.8, 4) is 0 Å². The summed E-state index contributed by atoms with van der Waals surface area (Å²) < 4.78 is 1.19. The second kappa shape index (κ2) is 5.27. The number of halogens is 1. The molecule has 0 amide bonds. The molecular weight excluding hydrogens is 331 g/mol. The van der Waals surface area contributed by atoms with E-state index in [0.717, 1.165) is 0 Å². The van der Waals surface area contributed by atoms with E-state index >= 15 is 0 Å². The lowest BCUT2D eigenvalue weighted by Crippen LogP contribution is -2.46. The Morgan fingerprint density at radius 2 is 1.00 bits per heavy atom. The van der Waals surface area contributed by atoms with Gasteiger partial charge < -0.3 is 0 Å². The molecule has 0 spiro atoms. The van der Waals surface area contributed by atoms with E-state index in [1.165, 1.54) is 48.5 Å². The summed E-state index contributed by atoms with van der Waals surface area (Å²) in [6.45, 7) is 0. The van der Waals surface area contributed by atoms with E-state index in [2.05, 4.69) is 72.3 Å². The van der Waals surface area contributed by atoms with Gasteiger partial charge in [0.05, 0.1) is 0 Å². The molecule has 5 rings (SSSR count). The molecule has 3 saturated carbocycles. The summed E-state index contributed by atoms with van der Waals surface area (Å²) >= 11 is 3.56. The average Bonchev–Trinajstić information content (AvgIpc) is 2.57. The topological polar surface area (TPSA) is 0 Å². The quantitative estimate of drug-likeness (QED) is 0.709. The first-order valence-corrected chi connectivity index (χ1v) is 9.25. The first-order chi connectivity index (χ1) is 10.6. The van der Waals surface area contributed by atoms with Gasteiger partial charge in [-0.3, -0.25) is 0 Å². The van der Waals surface area contributed by atoms with Crippen molar-refractivity contribution in [2.24, 2.45) is 0 Å². The van der Waals surface area contributed by atoms with Crippen molar-refractivity contribution in [2.75, 3.05) is 0 Å².